The van der Waals surface area contributed by atoms with Gasteiger partial charge in [-0.05, 0) is 23.1 Å². The smallest absolute Gasteiger partial charge is 0.141 e. The molecular weight excluding hydrogens is 174 g/mol. The third-order valence-corrected chi connectivity index (χ3v) is 2.61. The van der Waals surface area contributed by atoms with Crippen molar-refractivity contribution in [2.24, 2.45) is 0 Å². The van der Waals surface area contributed by atoms with Crippen LogP contribution in [0, 0.1) is 0 Å². The fourth-order valence-electron chi connectivity index (χ4n) is 2.07. The first kappa shape index (κ1) is 9.25. The summed E-state index contributed by atoms with van der Waals surface area (Å²) in [6, 6.07) is 0. The van der Waals surface area contributed by atoms with Crippen LogP contribution in [0.2, 0.25) is 0 Å². The molecule has 0 bridgehead atoms. The second-order valence-corrected chi connectivity index (χ2v) is 4.12. The van der Waals surface area contributed by atoms with Gasteiger partial charge in [0.25, 0.3) is 0 Å². The standard InChI is InChI=1S/C12H15NO/c1-13(2)8-10-5-3-4-9-6-11(14)7-12(9)10/h3-4,8H,5-7H2,1-2H3. The van der Waals surface area contributed by atoms with E-state index in [0.717, 1.165) is 6.42 Å². The maximum Gasteiger partial charge on any atom is 0.141 e. The van der Waals surface area contributed by atoms with E-state index in [9.17, 15) is 4.79 Å². The van der Waals surface area contributed by atoms with Crippen molar-refractivity contribution in [1.29, 1.82) is 0 Å². The molecule has 0 spiro atoms. The lowest BCUT2D eigenvalue weighted by Gasteiger charge is -2.15. The summed E-state index contributed by atoms with van der Waals surface area (Å²) in [6.07, 6.45) is 8.61. The molecule has 0 aromatic heterocycles. The number of hydrogen-bond acceptors (Lipinski definition) is 2. The number of hydrogen-bond donors (Lipinski definition) is 0. The Morgan fingerprint density at radius 3 is 2.86 bits per heavy atom. The van der Waals surface area contributed by atoms with Gasteiger partial charge in [-0.3, -0.25) is 4.79 Å². The molecule has 2 rings (SSSR count). The first-order valence-corrected chi connectivity index (χ1v) is 4.94. The number of ketones is 1. The summed E-state index contributed by atoms with van der Waals surface area (Å²) in [5.41, 5.74) is 3.80. The highest BCUT2D eigenvalue weighted by Crippen LogP contribution is 2.34. The Labute approximate surface area is 84.6 Å². The van der Waals surface area contributed by atoms with Gasteiger partial charge in [-0.15, -0.1) is 0 Å². The Morgan fingerprint density at radius 2 is 2.14 bits per heavy atom. The van der Waals surface area contributed by atoms with E-state index in [1.807, 2.05) is 19.0 Å². The van der Waals surface area contributed by atoms with E-state index in [1.54, 1.807) is 0 Å². The molecule has 0 atom stereocenters. The number of rotatable bonds is 1. The summed E-state index contributed by atoms with van der Waals surface area (Å²) < 4.78 is 0. The molecule has 2 aliphatic carbocycles. The lowest BCUT2D eigenvalue weighted by molar-refractivity contribution is -0.117. The monoisotopic (exact) mass is 189 g/mol. The van der Waals surface area contributed by atoms with Crippen LogP contribution in [0.4, 0.5) is 0 Å². The normalized spacial score (nSPS) is 23.3. The van der Waals surface area contributed by atoms with E-state index in [1.165, 1.54) is 16.7 Å². The van der Waals surface area contributed by atoms with Gasteiger partial charge in [0.2, 0.25) is 0 Å². The molecule has 0 aromatic carbocycles. The summed E-state index contributed by atoms with van der Waals surface area (Å²) in [4.78, 5) is 13.4. The molecule has 0 heterocycles. The molecule has 0 unspecified atom stereocenters. The molecule has 2 aliphatic rings. The maximum absolute atomic E-state index is 11.3. The molecule has 0 N–H and O–H groups in total. The molecule has 0 fully saturated rings. The van der Waals surface area contributed by atoms with Gasteiger partial charge in [-0.1, -0.05) is 12.2 Å². The van der Waals surface area contributed by atoms with Crippen LogP contribution in [0.15, 0.2) is 35.1 Å². The largest absolute Gasteiger partial charge is 0.383 e. The van der Waals surface area contributed by atoms with E-state index in [0.29, 0.717) is 18.6 Å². The second-order valence-electron chi connectivity index (χ2n) is 4.12. The molecule has 0 aromatic rings. The average Bonchev–Trinajstić information content (AvgIpc) is 2.45. The number of carbonyl (C=O) groups excluding carboxylic acids is 1. The lowest BCUT2D eigenvalue weighted by Crippen LogP contribution is -2.05. The predicted octanol–water partition coefficient (Wildman–Crippen LogP) is 2.05. The van der Waals surface area contributed by atoms with E-state index in [-0.39, 0.29) is 0 Å². The summed E-state index contributed by atoms with van der Waals surface area (Å²) in [5.74, 6) is 0.353. The van der Waals surface area contributed by atoms with Crippen molar-refractivity contribution in [2.75, 3.05) is 14.1 Å². The Balaban J connectivity index is 2.31. The van der Waals surface area contributed by atoms with E-state index < -0.39 is 0 Å². The molecule has 0 amide bonds. The Hall–Kier alpha value is -1.31. The zero-order valence-electron chi connectivity index (χ0n) is 8.71. The van der Waals surface area contributed by atoms with Gasteiger partial charge < -0.3 is 4.90 Å². The molecule has 0 saturated carbocycles. The van der Waals surface area contributed by atoms with Crippen molar-refractivity contribution < 1.29 is 4.79 Å². The van der Waals surface area contributed by atoms with E-state index in [4.69, 9.17) is 0 Å². The molecule has 14 heavy (non-hydrogen) atoms. The molecule has 0 radical (unpaired) electrons. The Morgan fingerprint density at radius 1 is 1.36 bits per heavy atom. The molecular formula is C12H15NO. The third-order valence-electron chi connectivity index (χ3n) is 2.61. The highest BCUT2D eigenvalue weighted by molar-refractivity contribution is 5.89. The minimum Gasteiger partial charge on any atom is -0.383 e. The summed E-state index contributed by atoms with van der Waals surface area (Å²) >= 11 is 0. The summed E-state index contributed by atoms with van der Waals surface area (Å²) in [7, 11) is 4.03. The van der Waals surface area contributed by atoms with Crippen molar-refractivity contribution >= 4 is 5.78 Å². The summed E-state index contributed by atoms with van der Waals surface area (Å²) in [5, 5.41) is 0. The Kier molecular flexibility index (Phi) is 2.28. The zero-order chi connectivity index (χ0) is 10.1. The van der Waals surface area contributed by atoms with Gasteiger partial charge in [-0.25, -0.2) is 0 Å². The van der Waals surface area contributed by atoms with Gasteiger partial charge in [0.15, 0.2) is 0 Å². The van der Waals surface area contributed by atoms with Gasteiger partial charge in [0.1, 0.15) is 5.78 Å². The van der Waals surface area contributed by atoms with Gasteiger partial charge in [-0.2, -0.15) is 0 Å². The predicted molar refractivity (Wildman–Crippen MR) is 56.8 cm³/mol. The highest BCUT2D eigenvalue weighted by atomic mass is 16.1. The van der Waals surface area contributed by atoms with Crippen LogP contribution in [0.25, 0.3) is 0 Å². The van der Waals surface area contributed by atoms with Crippen LogP contribution >= 0.6 is 0 Å². The molecule has 0 aliphatic heterocycles. The van der Waals surface area contributed by atoms with Crippen molar-refractivity contribution in [2.45, 2.75) is 19.3 Å². The van der Waals surface area contributed by atoms with Crippen LogP contribution in [0.5, 0.6) is 0 Å². The zero-order valence-corrected chi connectivity index (χ0v) is 8.71. The minimum atomic E-state index is 0.353. The van der Waals surface area contributed by atoms with E-state index >= 15 is 0 Å². The molecule has 2 nitrogen and oxygen atoms in total. The number of nitrogens with zero attached hydrogens (tertiary/aromatic N) is 1. The first-order valence-electron chi connectivity index (χ1n) is 4.94. The number of Topliss-reactive ketones (excluding diaryl/α,β-unsaturated/α-hetero) is 1. The van der Waals surface area contributed by atoms with Crippen LogP contribution in [0.1, 0.15) is 19.3 Å². The van der Waals surface area contributed by atoms with Crippen molar-refractivity contribution in [3.63, 3.8) is 0 Å². The summed E-state index contributed by atoms with van der Waals surface area (Å²) in [6.45, 7) is 0. The maximum atomic E-state index is 11.3. The van der Waals surface area contributed by atoms with Gasteiger partial charge in [0, 0.05) is 33.1 Å². The fourth-order valence-corrected chi connectivity index (χ4v) is 2.07. The number of carbonyl (C=O) groups is 1. The van der Waals surface area contributed by atoms with Crippen LogP contribution in [-0.4, -0.2) is 24.8 Å². The van der Waals surface area contributed by atoms with Crippen LogP contribution < -0.4 is 0 Å². The quantitative estimate of drug-likeness (QED) is 0.629. The fraction of sp³-hybridized carbons (Fsp3) is 0.417. The SMILES string of the molecule is CN(C)C=C1CC=CC2=C1CC(=O)C2. The van der Waals surface area contributed by atoms with Crippen LogP contribution in [0.3, 0.4) is 0 Å². The third kappa shape index (κ3) is 1.65. The molecule has 0 saturated heterocycles. The topological polar surface area (TPSA) is 20.3 Å². The van der Waals surface area contributed by atoms with Crippen molar-refractivity contribution in [3.05, 3.63) is 35.1 Å². The van der Waals surface area contributed by atoms with Crippen LogP contribution in [-0.2, 0) is 4.79 Å². The Bertz CT molecular complexity index is 359. The van der Waals surface area contributed by atoms with Crippen molar-refractivity contribution in [1.82, 2.24) is 4.90 Å². The van der Waals surface area contributed by atoms with E-state index in [2.05, 4.69) is 18.4 Å². The molecule has 74 valence electrons. The number of allylic oxidation sites excluding steroid dienone is 5. The van der Waals surface area contributed by atoms with Crippen molar-refractivity contribution in [3.8, 4) is 0 Å². The first-order chi connectivity index (χ1) is 6.66. The second kappa shape index (κ2) is 3.45. The highest BCUT2D eigenvalue weighted by Gasteiger charge is 2.24. The minimum absolute atomic E-state index is 0.353. The van der Waals surface area contributed by atoms with Gasteiger partial charge in [0.05, 0.1) is 0 Å². The average molecular weight is 189 g/mol. The molecule has 2 heteroatoms. The van der Waals surface area contributed by atoms with Gasteiger partial charge >= 0.3 is 0 Å². The lowest BCUT2D eigenvalue weighted by atomic mass is 9.95.